The molecule has 0 unspecified atom stereocenters. The molecule has 0 saturated heterocycles. The van der Waals surface area contributed by atoms with Gasteiger partial charge in [-0.3, -0.25) is 4.79 Å². The van der Waals surface area contributed by atoms with E-state index in [4.69, 9.17) is 51.1 Å². The van der Waals surface area contributed by atoms with E-state index in [-0.39, 0.29) is 21.4 Å². The van der Waals surface area contributed by atoms with Gasteiger partial charge in [0.1, 0.15) is 10.8 Å². The maximum atomic E-state index is 12.4. The minimum absolute atomic E-state index is 0.141. The first-order valence-corrected chi connectivity index (χ1v) is 6.98. The summed E-state index contributed by atoms with van der Waals surface area (Å²) < 4.78 is 5.03. The van der Waals surface area contributed by atoms with Gasteiger partial charge in [-0.05, 0) is 30.3 Å². The van der Waals surface area contributed by atoms with E-state index in [0.29, 0.717) is 21.4 Å². The number of hydrogen-bond acceptors (Lipinski definition) is 2. The zero-order valence-electron chi connectivity index (χ0n) is 10.2. The lowest BCUT2D eigenvalue weighted by molar-refractivity contribution is 0.103. The lowest BCUT2D eigenvalue weighted by atomic mass is 10.0. The summed E-state index contributed by atoms with van der Waals surface area (Å²) in [6.07, 6.45) is 0. The van der Waals surface area contributed by atoms with Crippen molar-refractivity contribution in [1.82, 2.24) is 0 Å². The van der Waals surface area contributed by atoms with Crippen LogP contribution in [0.2, 0.25) is 20.1 Å². The Morgan fingerprint density at radius 2 is 1.65 bits per heavy atom. The number of carbonyl (C=O) groups is 1. The highest BCUT2D eigenvalue weighted by Crippen LogP contribution is 2.35. The molecule has 0 atom stereocenters. The normalized spacial score (nSPS) is 10.4. The largest absolute Gasteiger partial charge is 0.495 e. The molecule has 2 rings (SSSR count). The summed E-state index contributed by atoms with van der Waals surface area (Å²) in [5.74, 6) is 0.112. The standard InChI is InChI=1S/C14H8Cl4O2/c1-20-11-5-3-8(12(17)13(11)18)14(19)7-2-4-9(15)10(16)6-7/h2-6H,1H3. The number of ketones is 1. The number of ether oxygens (including phenoxy) is 1. The lowest BCUT2D eigenvalue weighted by Crippen LogP contribution is -2.03. The first-order chi connectivity index (χ1) is 9.45. The molecule has 0 bridgehead atoms. The predicted octanol–water partition coefficient (Wildman–Crippen LogP) is 5.54. The highest BCUT2D eigenvalue weighted by atomic mass is 35.5. The molecule has 104 valence electrons. The van der Waals surface area contributed by atoms with Crippen LogP contribution >= 0.6 is 46.4 Å². The fourth-order valence-corrected chi connectivity index (χ4v) is 2.44. The van der Waals surface area contributed by atoms with Crippen LogP contribution in [0.4, 0.5) is 0 Å². The van der Waals surface area contributed by atoms with Gasteiger partial charge in [-0.25, -0.2) is 0 Å². The zero-order valence-corrected chi connectivity index (χ0v) is 13.2. The van der Waals surface area contributed by atoms with Gasteiger partial charge in [0.25, 0.3) is 0 Å². The lowest BCUT2D eigenvalue weighted by Gasteiger charge is -2.09. The van der Waals surface area contributed by atoms with Gasteiger partial charge in [0, 0.05) is 11.1 Å². The monoisotopic (exact) mass is 348 g/mol. The molecule has 0 saturated carbocycles. The van der Waals surface area contributed by atoms with Crippen molar-refractivity contribution in [3.63, 3.8) is 0 Å². The second-order valence-electron chi connectivity index (χ2n) is 3.90. The van der Waals surface area contributed by atoms with Gasteiger partial charge in [0.2, 0.25) is 0 Å². The summed E-state index contributed by atoms with van der Waals surface area (Å²) in [6, 6.07) is 7.75. The average molecular weight is 350 g/mol. The minimum Gasteiger partial charge on any atom is -0.495 e. The Labute approximate surface area is 136 Å². The smallest absolute Gasteiger partial charge is 0.194 e. The maximum absolute atomic E-state index is 12.4. The number of methoxy groups -OCH3 is 1. The summed E-state index contributed by atoms with van der Waals surface area (Å²) in [7, 11) is 1.47. The Balaban J connectivity index is 2.48. The van der Waals surface area contributed by atoms with Crippen LogP contribution in [0.5, 0.6) is 5.75 Å². The van der Waals surface area contributed by atoms with Crippen molar-refractivity contribution in [3.8, 4) is 5.75 Å². The molecular weight excluding hydrogens is 342 g/mol. The molecule has 20 heavy (non-hydrogen) atoms. The van der Waals surface area contributed by atoms with Crippen molar-refractivity contribution < 1.29 is 9.53 Å². The third-order valence-corrected chi connectivity index (χ3v) is 4.30. The molecule has 0 aliphatic carbocycles. The van der Waals surface area contributed by atoms with Crippen LogP contribution < -0.4 is 4.74 Å². The predicted molar refractivity (Wildman–Crippen MR) is 82.9 cm³/mol. The summed E-state index contributed by atoms with van der Waals surface area (Å²) in [4.78, 5) is 12.4. The molecule has 0 amide bonds. The van der Waals surface area contributed by atoms with Crippen molar-refractivity contribution >= 4 is 52.2 Å². The Bertz CT molecular complexity index is 683. The molecule has 0 aliphatic rings. The van der Waals surface area contributed by atoms with E-state index >= 15 is 0 Å². The Kier molecular flexibility index (Phi) is 4.82. The van der Waals surface area contributed by atoms with Crippen LogP contribution in [0, 0.1) is 0 Å². The zero-order chi connectivity index (χ0) is 14.9. The molecule has 0 aromatic heterocycles. The molecule has 0 fully saturated rings. The second kappa shape index (κ2) is 6.23. The summed E-state index contributed by atoms with van der Waals surface area (Å²) in [6.45, 7) is 0. The van der Waals surface area contributed by atoms with Crippen LogP contribution in [-0.2, 0) is 0 Å². The molecule has 2 aromatic carbocycles. The number of rotatable bonds is 3. The van der Waals surface area contributed by atoms with Crippen molar-refractivity contribution in [2.24, 2.45) is 0 Å². The first-order valence-electron chi connectivity index (χ1n) is 5.47. The van der Waals surface area contributed by atoms with E-state index in [1.165, 1.54) is 13.2 Å². The van der Waals surface area contributed by atoms with Crippen LogP contribution in [0.15, 0.2) is 30.3 Å². The molecule has 0 radical (unpaired) electrons. The van der Waals surface area contributed by atoms with Crippen molar-refractivity contribution in [1.29, 1.82) is 0 Å². The van der Waals surface area contributed by atoms with E-state index < -0.39 is 0 Å². The molecule has 6 heteroatoms. The summed E-state index contributed by atoms with van der Waals surface area (Å²) in [5.41, 5.74) is 0.651. The van der Waals surface area contributed by atoms with Crippen LogP contribution in [0.1, 0.15) is 15.9 Å². The highest BCUT2D eigenvalue weighted by molar-refractivity contribution is 6.45. The topological polar surface area (TPSA) is 26.3 Å². The van der Waals surface area contributed by atoms with Crippen molar-refractivity contribution in [3.05, 3.63) is 61.5 Å². The van der Waals surface area contributed by atoms with Gasteiger partial charge in [0.15, 0.2) is 5.78 Å². The molecular formula is C14H8Cl4O2. The number of carbonyl (C=O) groups excluding carboxylic acids is 1. The third-order valence-electron chi connectivity index (χ3n) is 2.69. The first kappa shape index (κ1) is 15.5. The van der Waals surface area contributed by atoms with E-state index in [9.17, 15) is 4.79 Å². The minimum atomic E-state index is -0.293. The molecule has 0 spiro atoms. The fraction of sp³-hybridized carbons (Fsp3) is 0.0714. The SMILES string of the molecule is COc1ccc(C(=O)c2ccc(Cl)c(Cl)c2)c(Cl)c1Cl. The molecule has 2 aromatic rings. The van der Waals surface area contributed by atoms with Gasteiger partial charge < -0.3 is 4.74 Å². The Morgan fingerprint density at radius 3 is 2.25 bits per heavy atom. The van der Waals surface area contributed by atoms with Gasteiger partial charge in [-0.2, -0.15) is 0 Å². The number of benzene rings is 2. The summed E-state index contributed by atoms with van der Waals surface area (Å²) in [5, 5.41) is 1.01. The average Bonchev–Trinajstić information content (AvgIpc) is 2.44. The van der Waals surface area contributed by atoms with E-state index in [2.05, 4.69) is 0 Å². The van der Waals surface area contributed by atoms with Gasteiger partial charge >= 0.3 is 0 Å². The van der Waals surface area contributed by atoms with E-state index in [1.807, 2.05) is 0 Å². The molecule has 0 aliphatic heterocycles. The molecule has 0 N–H and O–H groups in total. The maximum Gasteiger partial charge on any atom is 0.194 e. The van der Waals surface area contributed by atoms with Crippen LogP contribution in [0.25, 0.3) is 0 Å². The highest BCUT2D eigenvalue weighted by Gasteiger charge is 2.18. The second-order valence-corrected chi connectivity index (χ2v) is 5.47. The van der Waals surface area contributed by atoms with Crippen molar-refractivity contribution in [2.45, 2.75) is 0 Å². The van der Waals surface area contributed by atoms with E-state index in [0.717, 1.165) is 0 Å². The Hall–Kier alpha value is -0.930. The Morgan fingerprint density at radius 1 is 0.950 bits per heavy atom. The quantitative estimate of drug-likeness (QED) is 0.680. The third kappa shape index (κ3) is 2.89. The molecule has 0 heterocycles. The fourth-order valence-electron chi connectivity index (χ4n) is 1.66. The summed E-state index contributed by atoms with van der Waals surface area (Å²) >= 11 is 23.9. The number of hydrogen-bond donors (Lipinski definition) is 0. The van der Waals surface area contributed by atoms with Crippen LogP contribution in [0.3, 0.4) is 0 Å². The van der Waals surface area contributed by atoms with Gasteiger partial charge in [-0.15, -0.1) is 0 Å². The van der Waals surface area contributed by atoms with E-state index in [1.54, 1.807) is 24.3 Å². The number of halogens is 4. The van der Waals surface area contributed by atoms with Gasteiger partial charge in [0.05, 0.1) is 22.2 Å². The van der Waals surface area contributed by atoms with Gasteiger partial charge in [-0.1, -0.05) is 46.4 Å². The van der Waals surface area contributed by atoms with Crippen molar-refractivity contribution in [2.75, 3.05) is 7.11 Å². The molecule has 2 nitrogen and oxygen atoms in total. The van der Waals surface area contributed by atoms with Crippen LogP contribution in [-0.4, -0.2) is 12.9 Å².